The number of carbonyl (C=O) groups is 1. The van der Waals surface area contributed by atoms with Gasteiger partial charge in [0.2, 0.25) is 5.91 Å². The van der Waals surface area contributed by atoms with Gasteiger partial charge in [-0.1, -0.05) is 30.9 Å². The summed E-state index contributed by atoms with van der Waals surface area (Å²) in [6, 6.07) is 7.85. The minimum Gasteiger partial charge on any atom is -0.355 e. The molecule has 0 radical (unpaired) electrons. The van der Waals surface area contributed by atoms with Crippen molar-refractivity contribution in [1.29, 1.82) is 0 Å². The van der Waals surface area contributed by atoms with E-state index in [1.807, 2.05) is 36.0 Å². The zero-order chi connectivity index (χ0) is 16.3. The lowest BCUT2D eigenvalue weighted by Crippen LogP contribution is -2.26. The van der Waals surface area contributed by atoms with Crippen LogP contribution in [0.15, 0.2) is 29.2 Å². The van der Waals surface area contributed by atoms with Crippen LogP contribution in [-0.4, -0.2) is 29.2 Å². The van der Waals surface area contributed by atoms with Crippen molar-refractivity contribution in [1.82, 2.24) is 5.32 Å². The molecule has 2 nitrogen and oxygen atoms in total. The molecule has 1 aliphatic rings. The predicted octanol–water partition coefficient (Wildman–Crippen LogP) is 5.39. The zero-order valence-electron chi connectivity index (χ0n) is 13.6. The Morgan fingerprint density at radius 2 is 1.87 bits per heavy atom. The highest BCUT2D eigenvalue weighted by Gasteiger charge is 2.13. The predicted molar refractivity (Wildman–Crippen MR) is 104 cm³/mol. The summed E-state index contributed by atoms with van der Waals surface area (Å²) in [6.45, 7) is 0.810. The Hall–Kier alpha value is -0.320. The van der Waals surface area contributed by atoms with E-state index in [9.17, 15) is 4.79 Å². The first-order chi connectivity index (χ1) is 11.2. The van der Waals surface area contributed by atoms with Gasteiger partial charge in [0.1, 0.15) is 0 Å². The second-order valence-corrected chi connectivity index (χ2v) is 8.90. The fourth-order valence-corrected chi connectivity index (χ4v) is 4.89. The number of nitrogens with one attached hydrogen (secondary N) is 1. The van der Waals surface area contributed by atoms with Crippen LogP contribution < -0.4 is 5.32 Å². The molecular weight excluding hydrogens is 346 g/mol. The number of rotatable bonds is 9. The molecule has 23 heavy (non-hydrogen) atoms. The molecule has 1 aromatic rings. The molecule has 1 amide bonds. The largest absolute Gasteiger partial charge is 0.355 e. The van der Waals surface area contributed by atoms with Crippen LogP contribution in [0.25, 0.3) is 0 Å². The van der Waals surface area contributed by atoms with E-state index in [-0.39, 0.29) is 5.91 Å². The van der Waals surface area contributed by atoms with Crippen molar-refractivity contribution in [2.45, 2.75) is 55.1 Å². The summed E-state index contributed by atoms with van der Waals surface area (Å²) in [5.41, 5.74) is 0. The van der Waals surface area contributed by atoms with Crippen molar-refractivity contribution in [2.24, 2.45) is 0 Å². The van der Waals surface area contributed by atoms with Crippen LogP contribution >= 0.6 is 35.1 Å². The van der Waals surface area contributed by atoms with Crippen LogP contribution in [0.1, 0.15) is 44.9 Å². The maximum absolute atomic E-state index is 11.8. The molecule has 1 aliphatic carbocycles. The van der Waals surface area contributed by atoms with Gasteiger partial charge in [-0.05, 0) is 49.3 Å². The number of hydrogen-bond donors (Lipinski definition) is 1. The summed E-state index contributed by atoms with van der Waals surface area (Å²) in [7, 11) is 0. The number of halogens is 1. The maximum atomic E-state index is 11.8. The van der Waals surface area contributed by atoms with Crippen molar-refractivity contribution in [3.63, 3.8) is 0 Å². The topological polar surface area (TPSA) is 29.1 Å². The molecule has 0 heterocycles. The molecule has 0 atom stereocenters. The molecule has 1 saturated carbocycles. The highest BCUT2D eigenvalue weighted by Crippen LogP contribution is 2.27. The van der Waals surface area contributed by atoms with E-state index in [4.69, 9.17) is 11.6 Å². The molecule has 1 fully saturated rings. The first-order valence-corrected chi connectivity index (χ1v) is 10.9. The Balaban J connectivity index is 1.46. The van der Waals surface area contributed by atoms with E-state index in [0.29, 0.717) is 6.42 Å². The monoisotopic (exact) mass is 371 g/mol. The lowest BCUT2D eigenvalue weighted by molar-refractivity contribution is -0.120. The molecule has 2 rings (SSSR count). The molecule has 128 valence electrons. The van der Waals surface area contributed by atoms with Crippen molar-refractivity contribution in [3.05, 3.63) is 29.3 Å². The molecule has 0 aromatic heterocycles. The van der Waals surface area contributed by atoms with E-state index < -0.39 is 0 Å². The van der Waals surface area contributed by atoms with Crippen molar-refractivity contribution in [2.75, 3.05) is 18.1 Å². The van der Waals surface area contributed by atoms with Gasteiger partial charge >= 0.3 is 0 Å². The van der Waals surface area contributed by atoms with Gasteiger partial charge in [-0.15, -0.1) is 11.8 Å². The number of benzene rings is 1. The molecule has 0 bridgehead atoms. The summed E-state index contributed by atoms with van der Waals surface area (Å²) < 4.78 is 0. The molecule has 0 aliphatic heterocycles. The zero-order valence-corrected chi connectivity index (χ0v) is 15.9. The van der Waals surface area contributed by atoms with E-state index in [0.717, 1.165) is 34.7 Å². The molecular formula is C18H26ClNOS2. The Labute approximate surface area is 153 Å². The Morgan fingerprint density at radius 3 is 2.61 bits per heavy atom. The molecule has 0 unspecified atom stereocenters. The summed E-state index contributed by atoms with van der Waals surface area (Å²) in [5.74, 6) is 2.20. The minimum atomic E-state index is 0.186. The smallest absolute Gasteiger partial charge is 0.220 e. The van der Waals surface area contributed by atoms with Gasteiger partial charge in [0.15, 0.2) is 0 Å². The quantitative estimate of drug-likeness (QED) is 0.465. The van der Waals surface area contributed by atoms with Crippen LogP contribution in [0.2, 0.25) is 5.02 Å². The Kier molecular flexibility index (Phi) is 9.32. The third-order valence-electron chi connectivity index (χ3n) is 3.96. The summed E-state index contributed by atoms with van der Waals surface area (Å²) >= 11 is 9.67. The minimum absolute atomic E-state index is 0.186. The fraction of sp³-hybridized carbons (Fsp3) is 0.611. The van der Waals surface area contributed by atoms with E-state index in [1.165, 1.54) is 37.0 Å². The van der Waals surface area contributed by atoms with Crippen molar-refractivity contribution >= 4 is 41.0 Å². The van der Waals surface area contributed by atoms with Crippen molar-refractivity contribution in [3.8, 4) is 0 Å². The third-order valence-corrected chi connectivity index (χ3v) is 6.69. The Morgan fingerprint density at radius 1 is 1.13 bits per heavy atom. The van der Waals surface area contributed by atoms with E-state index >= 15 is 0 Å². The van der Waals surface area contributed by atoms with E-state index in [2.05, 4.69) is 5.32 Å². The molecule has 0 spiro atoms. The second kappa shape index (κ2) is 11.3. The number of carbonyl (C=O) groups excluding carboxylic acids is 1. The van der Waals surface area contributed by atoms with Gasteiger partial charge in [-0.3, -0.25) is 4.79 Å². The van der Waals surface area contributed by atoms with Gasteiger partial charge in [0.25, 0.3) is 0 Å². The van der Waals surface area contributed by atoms with Crippen LogP contribution in [0.3, 0.4) is 0 Å². The van der Waals surface area contributed by atoms with Gasteiger partial charge in [-0.25, -0.2) is 0 Å². The molecule has 0 saturated heterocycles. The van der Waals surface area contributed by atoms with Crippen LogP contribution in [0.4, 0.5) is 0 Å². The number of thioether (sulfide) groups is 2. The maximum Gasteiger partial charge on any atom is 0.220 e. The SMILES string of the molecule is O=C(CCCSc1ccc(Cl)cc1)NCCSC1CCCCC1. The van der Waals surface area contributed by atoms with Gasteiger partial charge < -0.3 is 5.32 Å². The Bertz CT molecular complexity index is 461. The highest BCUT2D eigenvalue weighted by molar-refractivity contribution is 8.00. The average Bonchev–Trinajstić information content (AvgIpc) is 2.58. The standard InChI is InChI=1S/C18H26ClNOS2/c19-15-8-10-17(11-9-15)22-13-4-7-18(21)20-12-14-23-16-5-2-1-3-6-16/h8-11,16H,1-7,12-14H2,(H,20,21). The molecule has 1 N–H and O–H groups in total. The second-order valence-electron chi connectivity index (χ2n) is 5.89. The first kappa shape index (κ1) is 19.0. The summed E-state index contributed by atoms with van der Waals surface area (Å²) in [6.07, 6.45) is 8.43. The normalized spacial score (nSPS) is 15.5. The molecule has 1 aromatic carbocycles. The van der Waals surface area contributed by atoms with Gasteiger partial charge in [0.05, 0.1) is 0 Å². The average molecular weight is 372 g/mol. The van der Waals surface area contributed by atoms with Crippen LogP contribution in [0, 0.1) is 0 Å². The van der Waals surface area contributed by atoms with Gasteiger partial charge in [0, 0.05) is 33.9 Å². The summed E-state index contributed by atoms with van der Waals surface area (Å²) in [5, 5.41) is 4.64. The lowest BCUT2D eigenvalue weighted by atomic mass is 10.0. The van der Waals surface area contributed by atoms with Gasteiger partial charge in [-0.2, -0.15) is 11.8 Å². The highest BCUT2D eigenvalue weighted by atomic mass is 35.5. The van der Waals surface area contributed by atoms with Crippen LogP contribution in [0.5, 0.6) is 0 Å². The molecule has 5 heteroatoms. The van der Waals surface area contributed by atoms with Crippen molar-refractivity contribution < 1.29 is 4.79 Å². The number of hydrogen-bond acceptors (Lipinski definition) is 3. The first-order valence-electron chi connectivity index (χ1n) is 8.51. The number of amides is 1. The fourth-order valence-electron chi connectivity index (χ4n) is 2.69. The van der Waals surface area contributed by atoms with E-state index in [1.54, 1.807) is 11.8 Å². The van der Waals surface area contributed by atoms with Crippen LogP contribution in [-0.2, 0) is 4.79 Å². The lowest BCUT2D eigenvalue weighted by Gasteiger charge is -2.20. The third kappa shape index (κ3) is 8.37. The summed E-state index contributed by atoms with van der Waals surface area (Å²) in [4.78, 5) is 13.0.